The van der Waals surface area contributed by atoms with Gasteiger partial charge in [0, 0.05) is 35.0 Å². The molecule has 0 aliphatic carbocycles. The van der Waals surface area contributed by atoms with E-state index in [1.54, 1.807) is 16.7 Å². The van der Waals surface area contributed by atoms with Crippen molar-refractivity contribution < 1.29 is 4.92 Å². The fraction of sp³-hybridized carbons (Fsp3) is 0.118. The standard InChI is InChI=1S/C17H9N5O2/c18-4-1-5-21-16-3-2-13(22(23)24)8-14(16)15-7-11(9-19)6-12(10-20)17(15)21/h2-3,6-8H,1,5H2. The van der Waals surface area contributed by atoms with Gasteiger partial charge in [-0.1, -0.05) is 0 Å². The van der Waals surface area contributed by atoms with Crippen LogP contribution >= 0.6 is 0 Å². The van der Waals surface area contributed by atoms with Crippen LogP contribution in [0.15, 0.2) is 30.3 Å². The Morgan fingerprint density at radius 3 is 2.50 bits per heavy atom. The second-order valence-electron chi connectivity index (χ2n) is 5.16. The molecule has 7 nitrogen and oxygen atoms in total. The molecular formula is C17H9N5O2. The van der Waals surface area contributed by atoms with E-state index in [1.807, 2.05) is 6.07 Å². The first-order valence-electron chi connectivity index (χ1n) is 7.02. The molecule has 24 heavy (non-hydrogen) atoms. The van der Waals surface area contributed by atoms with E-state index in [-0.39, 0.29) is 12.1 Å². The van der Waals surface area contributed by atoms with E-state index in [4.69, 9.17) is 10.5 Å². The van der Waals surface area contributed by atoms with Gasteiger partial charge in [-0.2, -0.15) is 15.8 Å². The van der Waals surface area contributed by atoms with Crippen molar-refractivity contribution in [2.45, 2.75) is 13.0 Å². The maximum absolute atomic E-state index is 11.1. The van der Waals surface area contributed by atoms with Gasteiger partial charge < -0.3 is 4.57 Å². The fourth-order valence-corrected chi connectivity index (χ4v) is 2.88. The molecule has 0 atom stereocenters. The number of rotatable bonds is 3. The smallest absolute Gasteiger partial charge is 0.270 e. The van der Waals surface area contributed by atoms with Crippen LogP contribution in [0.5, 0.6) is 0 Å². The van der Waals surface area contributed by atoms with Gasteiger partial charge in [0.2, 0.25) is 0 Å². The molecule has 3 aromatic rings. The highest BCUT2D eigenvalue weighted by atomic mass is 16.6. The summed E-state index contributed by atoms with van der Waals surface area (Å²) in [5, 5.41) is 39.7. The minimum Gasteiger partial charge on any atom is -0.338 e. The summed E-state index contributed by atoms with van der Waals surface area (Å²) in [5.41, 5.74) is 1.83. The highest BCUT2D eigenvalue weighted by Crippen LogP contribution is 2.34. The van der Waals surface area contributed by atoms with E-state index in [0.717, 1.165) is 0 Å². The van der Waals surface area contributed by atoms with Crippen LogP contribution in [0, 0.1) is 44.1 Å². The van der Waals surface area contributed by atoms with Crippen molar-refractivity contribution in [3.8, 4) is 18.2 Å². The average Bonchev–Trinajstić information content (AvgIpc) is 2.92. The normalized spacial score (nSPS) is 10.2. The van der Waals surface area contributed by atoms with E-state index in [9.17, 15) is 15.4 Å². The summed E-state index contributed by atoms with van der Waals surface area (Å²) < 4.78 is 1.80. The molecule has 0 aliphatic rings. The number of hydrogen-bond acceptors (Lipinski definition) is 5. The number of nitrogens with zero attached hydrogens (tertiary/aromatic N) is 5. The average molecular weight is 315 g/mol. The van der Waals surface area contributed by atoms with Gasteiger partial charge in [0.05, 0.1) is 40.1 Å². The van der Waals surface area contributed by atoms with Crippen LogP contribution in [0.25, 0.3) is 21.8 Å². The third-order valence-electron chi connectivity index (χ3n) is 3.85. The summed E-state index contributed by atoms with van der Waals surface area (Å²) >= 11 is 0. The molecule has 0 saturated heterocycles. The van der Waals surface area contributed by atoms with Gasteiger partial charge in [-0.3, -0.25) is 10.1 Å². The molecule has 1 heterocycles. The molecule has 3 rings (SSSR count). The molecule has 0 bridgehead atoms. The zero-order chi connectivity index (χ0) is 17.3. The molecule has 0 spiro atoms. The van der Waals surface area contributed by atoms with Crippen molar-refractivity contribution in [3.05, 3.63) is 51.6 Å². The molecule has 0 aliphatic heterocycles. The molecule has 0 unspecified atom stereocenters. The Bertz CT molecular complexity index is 1120. The van der Waals surface area contributed by atoms with Crippen LogP contribution in [0.4, 0.5) is 5.69 Å². The highest BCUT2D eigenvalue weighted by Gasteiger charge is 2.18. The largest absolute Gasteiger partial charge is 0.338 e. The lowest BCUT2D eigenvalue weighted by Gasteiger charge is -2.05. The molecule has 0 amide bonds. The third kappa shape index (κ3) is 2.20. The predicted molar refractivity (Wildman–Crippen MR) is 85.8 cm³/mol. The number of hydrogen-bond donors (Lipinski definition) is 0. The SMILES string of the molecule is N#CCCn1c2ccc([N+](=O)[O-])cc2c2cc(C#N)cc(C#N)c21. The van der Waals surface area contributed by atoms with Gasteiger partial charge in [-0.25, -0.2) is 0 Å². The fourth-order valence-electron chi connectivity index (χ4n) is 2.88. The lowest BCUT2D eigenvalue weighted by atomic mass is 10.1. The summed E-state index contributed by atoms with van der Waals surface area (Å²) in [6.45, 7) is 0.356. The van der Waals surface area contributed by atoms with Gasteiger partial charge in [0.1, 0.15) is 6.07 Å². The Morgan fingerprint density at radius 2 is 1.88 bits per heavy atom. The number of fused-ring (bicyclic) bond motifs is 3. The van der Waals surface area contributed by atoms with Crippen molar-refractivity contribution >= 4 is 27.5 Å². The second kappa shape index (κ2) is 5.72. The molecule has 1 aromatic heterocycles. The lowest BCUT2D eigenvalue weighted by Crippen LogP contribution is -1.98. The Labute approximate surface area is 136 Å². The first-order chi connectivity index (χ1) is 11.6. The molecule has 2 aromatic carbocycles. The van der Waals surface area contributed by atoms with Crippen LogP contribution in [0.2, 0.25) is 0 Å². The van der Waals surface area contributed by atoms with Crippen molar-refractivity contribution in [3.63, 3.8) is 0 Å². The Hall–Kier alpha value is -3.89. The van der Waals surface area contributed by atoms with Gasteiger partial charge in [-0.15, -0.1) is 0 Å². The summed E-state index contributed by atoms with van der Waals surface area (Å²) in [6, 6.07) is 13.7. The number of non-ortho nitro benzene ring substituents is 1. The Balaban J connectivity index is 2.50. The van der Waals surface area contributed by atoms with E-state index in [1.165, 1.54) is 18.2 Å². The summed E-state index contributed by atoms with van der Waals surface area (Å²) in [5.74, 6) is 0. The van der Waals surface area contributed by atoms with E-state index in [2.05, 4.69) is 12.1 Å². The zero-order valence-corrected chi connectivity index (χ0v) is 12.4. The van der Waals surface area contributed by atoms with Gasteiger partial charge in [0.25, 0.3) is 5.69 Å². The minimum atomic E-state index is -0.489. The maximum atomic E-state index is 11.1. The molecule has 0 N–H and O–H groups in total. The molecule has 0 radical (unpaired) electrons. The second-order valence-corrected chi connectivity index (χ2v) is 5.16. The Kier molecular flexibility index (Phi) is 3.58. The molecular weight excluding hydrogens is 306 g/mol. The first kappa shape index (κ1) is 15.0. The number of aromatic nitrogens is 1. The van der Waals surface area contributed by atoms with E-state index in [0.29, 0.717) is 39.5 Å². The van der Waals surface area contributed by atoms with Crippen LogP contribution in [-0.2, 0) is 6.54 Å². The predicted octanol–water partition coefficient (Wildman–Crippen LogP) is 3.36. The molecule has 7 heteroatoms. The summed E-state index contributed by atoms with van der Waals surface area (Å²) in [6.07, 6.45) is 0.237. The first-order valence-corrected chi connectivity index (χ1v) is 7.02. The lowest BCUT2D eigenvalue weighted by molar-refractivity contribution is -0.384. The quantitative estimate of drug-likeness (QED) is 0.542. The van der Waals surface area contributed by atoms with E-state index >= 15 is 0 Å². The van der Waals surface area contributed by atoms with Crippen molar-refractivity contribution in [2.75, 3.05) is 0 Å². The van der Waals surface area contributed by atoms with Gasteiger partial charge in [-0.05, 0) is 18.2 Å². The van der Waals surface area contributed by atoms with Crippen LogP contribution in [0.1, 0.15) is 17.5 Å². The van der Waals surface area contributed by atoms with Gasteiger partial charge in [0.15, 0.2) is 0 Å². The Morgan fingerprint density at radius 1 is 1.08 bits per heavy atom. The van der Waals surface area contributed by atoms with Crippen molar-refractivity contribution in [1.29, 1.82) is 15.8 Å². The van der Waals surface area contributed by atoms with Crippen molar-refractivity contribution in [1.82, 2.24) is 4.57 Å². The molecule has 0 fully saturated rings. The van der Waals surface area contributed by atoms with Crippen LogP contribution in [0.3, 0.4) is 0 Å². The number of nitro benzene ring substituents is 1. The topological polar surface area (TPSA) is 119 Å². The zero-order valence-electron chi connectivity index (χ0n) is 12.4. The summed E-state index contributed by atoms with van der Waals surface area (Å²) in [7, 11) is 0. The van der Waals surface area contributed by atoms with Crippen LogP contribution < -0.4 is 0 Å². The van der Waals surface area contributed by atoms with Crippen molar-refractivity contribution in [2.24, 2.45) is 0 Å². The van der Waals surface area contributed by atoms with E-state index < -0.39 is 4.92 Å². The van der Waals surface area contributed by atoms with Crippen LogP contribution in [-0.4, -0.2) is 9.49 Å². The highest BCUT2D eigenvalue weighted by molar-refractivity contribution is 6.10. The summed E-state index contributed by atoms with van der Waals surface area (Å²) in [4.78, 5) is 10.6. The number of nitriles is 3. The maximum Gasteiger partial charge on any atom is 0.270 e. The minimum absolute atomic E-state index is 0.0669. The number of benzene rings is 2. The van der Waals surface area contributed by atoms with Gasteiger partial charge >= 0.3 is 0 Å². The number of aryl methyl sites for hydroxylation is 1. The third-order valence-corrected chi connectivity index (χ3v) is 3.85. The monoisotopic (exact) mass is 315 g/mol. The molecule has 0 saturated carbocycles. The number of nitro groups is 1. The molecule has 114 valence electrons.